The molecule has 122 valence electrons. The summed E-state index contributed by atoms with van der Waals surface area (Å²) < 4.78 is 5.51. The molecule has 3 N–H and O–H groups in total. The predicted octanol–water partition coefficient (Wildman–Crippen LogP) is 3.68. The number of benzene rings is 2. The van der Waals surface area contributed by atoms with Gasteiger partial charge in [0.15, 0.2) is 0 Å². The quantitative estimate of drug-likeness (QED) is 0.742. The third kappa shape index (κ3) is 3.23. The lowest BCUT2D eigenvalue weighted by Crippen LogP contribution is -2.11. The summed E-state index contributed by atoms with van der Waals surface area (Å²) in [7, 11) is 0. The van der Waals surface area contributed by atoms with Crippen LogP contribution >= 0.6 is 11.3 Å². The van der Waals surface area contributed by atoms with Crippen molar-refractivity contribution in [2.24, 2.45) is 5.73 Å². The van der Waals surface area contributed by atoms with Gasteiger partial charge < -0.3 is 15.6 Å². The molecule has 0 fully saturated rings. The van der Waals surface area contributed by atoms with Gasteiger partial charge in [0.05, 0.1) is 17.9 Å². The Morgan fingerprint density at radius 2 is 2.08 bits per heavy atom. The van der Waals surface area contributed by atoms with Crippen molar-refractivity contribution in [2.45, 2.75) is 6.92 Å². The molecule has 0 aliphatic rings. The standard InChI is InChI=1S/C18H16N2O3S/c1-2-23-13-5-3-4-12(8-13)18-20-15(10-24-18)11-6-7-16(21)14(9-11)17(19)22/h3-10,21H,2H2,1H3,(H2,19,22). The van der Waals surface area contributed by atoms with E-state index in [2.05, 4.69) is 4.98 Å². The molecule has 0 aliphatic heterocycles. The van der Waals surface area contributed by atoms with Crippen LogP contribution in [0.5, 0.6) is 11.5 Å². The smallest absolute Gasteiger partial charge is 0.252 e. The monoisotopic (exact) mass is 340 g/mol. The fraction of sp³-hybridized carbons (Fsp3) is 0.111. The van der Waals surface area contributed by atoms with Gasteiger partial charge in [-0.05, 0) is 37.3 Å². The van der Waals surface area contributed by atoms with Gasteiger partial charge in [0.1, 0.15) is 16.5 Å². The molecule has 0 aliphatic carbocycles. The number of aromatic nitrogens is 1. The van der Waals surface area contributed by atoms with Gasteiger partial charge >= 0.3 is 0 Å². The highest BCUT2D eigenvalue weighted by Gasteiger charge is 2.12. The maximum atomic E-state index is 11.4. The second-order valence-electron chi connectivity index (χ2n) is 5.09. The van der Waals surface area contributed by atoms with Crippen LogP contribution in [-0.4, -0.2) is 22.6 Å². The van der Waals surface area contributed by atoms with Gasteiger partial charge in [-0.1, -0.05) is 12.1 Å². The zero-order chi connectivity index (χ0) is 17.1. The van der Waals surface area contributed by atoms with Crippen molar-refractivity contribution in [1.29, 1.82) is 0 Å². The number of aromatic hydroxyl groups is 1. The number of hydrogen-bond acceptors (Lipinski definition) is 5. The maximum absolute atomic E-state index is 11.4. The number of hydrogen-bond donors (Lipinski definition) is 2. The summed E-state index contributed by atoms with van der Waals surface area (Å²) in [5, 5.41) is 12.4. The summed E-state index contributed by atoms with van der Waals surface area (Å²) in [6.45, 7) is 2.55. The fourth-order valence-corrected chi connectivity index (χ4v) is 3.14. The number of rotatable bonds is 5. The van der Waals surface area contributed by atoms with Gasteiger partial charge in [-0.2, -0.15) is 0 Å². The molecule has 0 unspecified atom stereocenters. The molecule has 0 bridgehead atoms. The van der Waals surface area contributed by atoms with Crippen LogP contribution in [0.15, 0.2) is 47.8 Å². The maximum Gasteiger partial charge on any atom is 0.252 e. The van der Waals surface area contributed by atoms with Gasteiger partial charge in [-0.3, -0.25) is 4.79 Å². The Morgan fingerprint density at radius 1 is 1.25 bits per heavy atom. The van der Waals surface area contributed by atoms with Gasteiger partial charge in [-0.15, -0.1) is 11.3 Å². The van der Waals surface area contributed by atoms with Crippen LogP contribution < -0.4 is 10.5 Å². The SMILES string of the molecule is CCOc1cccc(-c2nc(-c3ccc(O)c(C(N)=O)c3)cs2)c1. The van der Waals surface area contributed by atoms with Crippen molar-refractivity contribution in [3.8, 4) is 33.3 Å². The first kappa shape index (κ1) is 16.0. The van der Waals surface area contributed by atoms with Crippen molar-refractivity contribution in [1.82, 2.24) is 4.98 Å². The molecule has 0 radical (unpaired) electrons. The van der Waals surface area contributed by atoms with Crippen LogP contribution in [0.3, 0.4) is 0 Å². The van der Waals surface area contributed by atoms with Crippen molar-refractivity contribution in [3.05, 3.63) is 53.4 Å². The molecule has 24 heavy (non-hydrogen) atoms. The molecular weight excluding hydrogens is 324 g/mol. The zero-order valence-electron chi connectivity index (χ0n) is 13.0. The summed E-state index contributed by atoms with van der Waals surface area (Å²) in [5.41, 5.74) is 7.77. The second-order valence-corrected chi connectivity index (χ2v) is 5.95. The topological polar surface area (TPSA) is 85.4 Å². The third-order valence-electron chi connectivity index (χ3n) is 3.45. The number of nitrogens with two attached hydrogens (primary N) is 1. The lowest BCUT2D eigenvalue weighted by atomic mass is 10.1. The first-order valence-corrected chi connectivity index (χ1v) is 8.28. The molecule has 6 heteroatoms. The Kier molecular flexibility index (Phi) is 4.48. The molecule has 1 aromatic heterocycles. The molecule has 0 spiro atoms. The third-order valence-corrected chi connectivity index (χ3v) is 4.35. The number of primary amides is 1. The lowest BCUT2D eigenvalue weighted by molar-refractivity contribution is 0.0998. The molecule has 2 aromatic carbocycles. The van der Waals surface area contributed by atoms with Gasteiger partial charge in [-0.25, -0.2) is 4.98 Å². The Bertz CT molecular complexity index is 889. The zero-order valence-corrected chi connectivity index (χ0v) is 13.8. The minimum absolute atomic E-state index is 0.0837. The van der Waals surface area contributed by atoms with Crippen LogP contribution in [0.4, 0.5) is 0 Å². The van der Waals surface area contributed by atoms with Crippen molar-refractivity contribution >= 4 is 17.2 Å². The number of ether oxygens (including phenoxy) is 1. The number of carbonyl (C=O) groups is 1. The first-order chi connectivity index (χ1) is 11.6. The van der Waals surface area contributed by atoms with E-state index in [9.17, 15) is 9.90 Å². The predicted molar refractivity (Wildman–Crippen MR) is 94.3 cm³/mol. The summed E-state index contributed by atoms with van der Waals surface area (Å²) in [6, 6.07) is 12.4. The minimum atomic E-state index is -0.672. The molecule has 1 amide bonds. The minimum Gasteiger partial charge on any atom is -0.507 e. The average molecular weight is 340 g/mol. The van der Waals surface area contributed by atoms with Crippen LogP contribution in [-0.2, 0) is 0 Å². The van der Waals surface area contributed by atoms with E-state index in [0.29, 0.717) is 6.61 Å². The van der Waals surface area contributed by atoms with E-state index in [-0.39, 0.29) is 11.3 Å². The first-order valence-electron chi connectivity index (χ1n) is 7.40. The largest absolute Gasteiger partial charge is 0.507 e. The van der Waals surface area contributed by atoms with Gasteiger partial charge in [0.25, 0.3) is 5.91 Å². The summed E-state index contributed by atoms with van der Waals surface area (Å²) in [4.78, 5) is 16.0. The Balaban J connectivity index is 1.95. The summed E-state index contributed by atoms with van der Waals surface area (Å²) in [6.07, 6.45) is 0. The average Bonchev–Trinajstić information content (AvgIpc) is 3.06. The summed E-state index contributed by atoms with van der Waals surface area (Å²) >= 11 is 1.50. The Morgan fingerprint density at radius 3 is 2.83 bits per heavy atom. The number of nitrogens with zero attached hydrogens (tertiary/aromatic N) is 1. The van der Waals surface area contributed by atoms with E-state index in [1.807, 2.05) is 36.6 Å². The molecule has 5 nitrogen and oxygen atoms in total. The highest BCUT2D eigenvalue weighted by Crippen LogP contribution is 2.32. The summed E-state index contributed by atoms with van der Waals surface area (Å²) in [5.74, 6) is -0.00673. The van der Waals surface area contributed by atoms with E-state index < -0.39 is 5.91 Å². The molecule has 3 aromatic rings. The van der Waals surface area contributed by atoms with Crippen LogP contribution in [0.1, 0.15) is 17.3 Å². The van der Waals surface area contributed by atoms with Gasteiger partial charge in [0, 0.05) is 16.5 Å². The van der Waals surface area contributed by atoms with E-state index in [1.165, 1.54) is 17.4 Å². The normalized spacial score (nSPS) is 10.5. The highest BCUT2D eigenvalue weighted by molar-refractivity contribution is 7.13. The molecule has 0 saturated carbocycles. The second kappa shape index (κ2) is 6.72. The number of phenols is 1. The van der Waals surface area contributed by atoms with E-state index in [1.54, 1.807) is 12.1 Å². The van der Waals surface area contributed by atoms with E-state index >= 15 is 0 Å². The van der Waals surface area contributed by atoms with Crippen molar-refractivity contribution < 1.29 is 14.6 Å². The Hall–Kier alpha value is -2.86. The Labute approximate surface area is 143 Å². The van der Waals surface area contributed by atoms with E-state index in [0.717, 1.165) is 27.6 Å². The molecule has 0 saturated heterocycles. The fourth-order valence-electron chi connectivity index (χ4n) is 2.32. The number of carbonyl (C=O) groups excluding carboxylic acids is 1. The van der Waals surface area contributed by atoms with Crippen LogP contribution in [0.25, 0.3) is 21.8 Å². The van der Waals surface area contributed by atoms with E-state index in [4.69, 9.17) is 10.5 Å². The molecule has 3 rings (SSSR count). The number of amides is 1. The van der Waals surface area contributed by atoms with Crippen LogP contribution in [0, 0.1) is 0 Å². The molecule has 1 heterocycles. The van der Waals surface area contributed by atoms with Crippen molar-refractivity contribution in [3.63, 3.8) is 0 Å². The molecule has 0 atom stereocenters. The lowest BCUT2D eigenvalue weighted by Gasteiger charge is -2.04. The molecular formula is C18H16N2O3S. The van der Waals surface area contributed by atoms with Crippen molar-refractivity contribution in [2.75, 3.05) is 6.61 Å². The highest BCUT2D eigenvalue weighted by atomic mass is 32.1. The van der Waals surface area contributed by atoms with Gasteiger partial charge in [0.2, 0.25) is 0 Å². The van der Waals surface area contributed by atoms with Crippen LogP contribution in [0.2, 0.25) is 0 Å². The number of thiazole rings is 1.